The lowest BCUT2D eigenvalue weighted by Crippen LogP contribution is -2.17. The Morgan fingerprint density at radius 2 is 2.26 bits per heavy atom. The lowest BCUT2D eigenvalue weighted by atomic mass is 10.4. The number of nitrogens with zero attached hydrogens (tertiary/aromatic N) is 3. The van der Waals surface area contributed by atoms with Crippen LogP contribution < -0.4 is 5.43 Å². The Bertz CT molecular complexity index is 677. The molecule has 19 heavy (non-hydrogen) atoms. The number of carbonyl (C=O) groups excluding carboxylic acids is 1. The molecular formula is C11H11ClN4O3. The summed E-state index contributed by atoms with van der Waals surface area (Å²) >= 11 is 5.62. The van der Waals surface area contributed by atoms with Crippen molar-refractivity contribution >= 4 is 17.6 Å². The maximum atomic E-state index is 11.8. The molecule has 0 aliphatic rings. The minimum atomic E-state index is -0.547. The third-order valence-corrected chi connectivity index (χ3v) is 2.51. The first-order chi connectivity index (χ1) is 9.02. The number of esters is 1. The zero-order valence-electron chi connectivity index (χ0n) is 10.3. The third kappa shape index (κ3) is 2.65. The van der Waals surface area contributed by atoms with Crippen molar-refractivity contribution in [3.05, 3.63) is 38.9 Å². The van der Waals surface area contributed by atoms with Gasteiger partial charge in [-0.05, 0) is 19.9 Å². The largest absolute Gasteiger partial charge is 0.461 e. The summed E-state index contributed by atoms with van der Waals surface area (Å²) in [6, 6.07) is 2.71. The normalized spacial score (nSPS) is 10.5. The SMILES string of the molecule is CCOC(=O)c1cc(C)n(-c2n[nH]c(Cl)cc2=O)n1. The first-order valence-electron chi connectivity index (χ1n) is 5.52. The highest BCUT2D eigenvalue weighted by molar-refractivity contribution is 6.29. The van der Waals surface area contributed by atoms with Crippen LogP contribution in [-0.2, 0) is 4.74 Å². The van der Waals surface area contributed by atoms with Gasteiger partial charge in [-0.15, -0.1) is 0 Å². The molecule has 0 radical (unpaired) electrons. The number of nitrogens with one attached hydrogen (secondary N) is 1. The van der Waals surface area contributed by atoms with Crippen molar-refractivity contribution < 1.29 is 9.53 Å². The zero-order valence-corrected chi connectivity index (χ0v) is 11.1. The number of H-pyrrole nitrogens is 1. The van der Waals surface area contributed by atoms with Gasteiger partial charge in [0.05, 0.1) is 6.61 Å². The molecule has 0 atom stereocenters. The van der Waals surface area contributed by atoms with E-state index in [0.29, 0.717) is 5.69 Å². The van der Waals surface area contributed by atoms with Crippen molar-refractivity contribution in [3.8, 4) is 5.82 Å². The Morgan fingerprint density at radius 3 is 2.89 bits per heavy atom. The van der Waals surface area contributed by atoms with Gasteiger partial charge in [0.2, 0.25) is 11.2 Å². The van der Waals surface area contributed by atoms with Gasteiger partial charge in [0.1, 0.15) is 5.15 Å². The minimum Gasteiger partial charge on any atom is -0.461 e. The van der Waals surface area contributed by atoms with Crippen LogP contribution in [0, 0.1) is 6.92 Å². The van der Waals surface area contributed by atoms with Gasteiger partial charge >= 0.3 is 5.97 Å². The van der Waals surface area contributed by atoms with Gasteiger partial charge in [-0.25, -0.2) is 9.48 Å². The highest BCUT2D eigenvalue weighted by Gasteiger charge is 2.16. The topological polar surface area (TPSA) is 89.9 Å². The van der Waals surface area contributed by atoms with Gasteiger partial charge in [-0.1, -0.05) is 11.6 Å². The summed E-state index contributed by atoms with van der Waals surface area (Å²) < 4.78 is 6.10. The molecule has 0 aromatic carbocycles. The minimum absolute atomic E-state index is 0.0393. The molecule has 0 fully saturated rings. The Hall–Kier alpha value is -2.15. The van der Waals surface area contributed by atoms with Crippen molar-refractivity contribution in [2.24, 2.45) is 0 Å². The van der Waals surface area contributed by atoms with E-state index >= 15 is 0 Å². The molecule has 0 spiro atoms. The summed E-state index contributed by atoms with van der Waals surface area (Å²) in [5, 5.41) is 10.4. The molecule has 100 valence electrons. The highest BCUT2D eigenvalue weighted by Crippen LogP contribution is 2.09. The van der Waals surface area contributed by atoms with Gasteiger partial charge in [0, 0.05) is 11.8 Å². The Kier molecular flexibility index (Phi) is 3.66. The second-order valence-corrected chi connectivity index (χ2v) is 4.11. The van der Waals surface area contributed by atoms with Gasteiger partial charge in [0.15, 0.2) is 5.69 Å². The Morgan fingerprint density at radius 1 is 1.53 bits per heavy atom. The lowest BCUT2D eigenvalue weighted by molar-refractivity contribution is 0.0519. The fraction of sp³-hybridized carbons (Fsp3) is 0.273. The standard InChI is InChI=1S/C11H11ClN4O3/c1-3-19-11(18)7-4-6(2)16(15-7)10-8(17)5-9(12)13-14-10/h4-5H,3H2,1-2H3,(H,13,17). The molecule has 2 heterocycles. The summed E-state index contributed by atoms with van der Waals surface area (Å²) in [6.45, 7) is 3.66. The fourth-order valence-electron chi connectivity index (χ4n) is 1.52. The molecule has 2 aromatic rings. The number of hydrogen-bond acceptors (Lipinski definition) is 5. The van der Waals surface area contributed by atoms with Crippen LogP contribution in [0.2, 0.25) is 5.15 Å². The molecule has 2 aromatic heterocycles. The molecule has 0 amide bonds. The number of aromatic amines is 1. The first-order valence-corrected chi connectivity index (χ1v) is 5.90. The van der Waals surface area contributed by atoms with Crippen LogP contribution in [0.15, 0.2) is 16.9 Å². The molecular weight excluding hydrogens is 272 g/mol. The average molecular weight is 283 g/mol. The zero-order chi connectivity index (χ0) is 14.0. The number of hydrogen-bond donors (Lipinski definition) is 1. The van der Waals surface area contributed by atoms with Gasteiger partial charge < -0.3 is 4.74 Å². The van der Waals surface area contributed by atoms with Crippen LogP contribution in [0.3, 0.4) is 0 Å². The van der Waals surface area contributed by atoms with Crippen molar-refractivity contribution in [2.45, 2.75) is 13.8 Å². The van der Waals surface area contributed by atoms with E-state index in [9.17, 15) is 9.59 Å². The molecule has 0 unspecified atom stereocenters. The molecule has 0 saturated heterocycles. The van der Waals surface area contributed by atoms with Crippen molar-refractivity contribution in [1.29, 1.82) is 0 Å². The number of ether oxygens (including phenoxy) is 1. The van der Waals surface area contributed by atoms with Crippen LogP contribution in [0.4, 0.5) is 0 Å². The predicted molar refractivity (Wildman–Crippen MR) is 67.7 cm³/mol. The van der Waals surface area contributed by atoms with Crippen LogP contribution in [0.5, 0.6) is 0 Å². The van der Waals surface area contributed by atoms with E-state index in [4.69, 9.17) is 16.3 Å². The summed E-state index contributed by atoms with van der Waals surface area (Å²) in [5.74, 6) is -0.507. The summed E-state index contributed by atoms with van der Waals surface area (Å²) in [5.41, 5.74) is 0.309. The molecule has 0 bridgehead atoms. The number of rotatable bonds is 3. The van der Waals surface area contributed by atoms with E-state index in [-0.39, 0.29) is 23.3 Å². The van der Waals surface area contributed by atoms with Crippen LogP contribution in [0.1, 0.15) is 23.1 Å². The maximum absolute atomic E-state index is 11.8. The second-order valence-electron chi connectivity index (χ2n) is 3.71. The van der Waals surface area contributed by atoms with Crippen LogP contribution in [-0.4, -0.2) is 32.6 Å². The van der Waals surface area contributed by atoms with Crippen LogP contribution in [0.25, 0.3) is 5.82 Å². The van der Waals surface area contributed by atoms with Gasteiger partial charge in [0.25, 0.3) is 0 Å². The highest BCUT2D eigenvalue weighted by atomic mass is 35.5. The van der Waals surface area contributed by atoms with E-state index in [1.165, 1.54) is 16.8 Å². The second kappa shape index (κ2) is 5.23. The number of halogens is 1. The summed E-state index contributed by atoms with van der Waals surface area (Å²) in [7, 11) is 0. The van der Waals surface area contributed by atoms with Crippen molar-refractivity contribution in [2.75, 3.05) is 6.61 Å². The molecule has 2 rings (SSSR count). The molecule has 8 heteroatoms. The van der Waals surface area contributed by atoms with E-state index in [2.05, 4.69) is 15.3 Å². The fourth-order valence-corrected chi connectivity index (χ4v) is 1.66. The van der Waals surface area contributed by atoms with E-state index in [0.717, 1.165) is 0 Å². The smallest absolute Gasteiger partial charge is 0.358 e. The van der Waals surface area contributed by atoms with Crippen molar-refractivity contribution in [3.63, 3.8) is 0 Å². The molecule has 7 nitrogen and oxygen atoms in total. The third-order valence-electron chi connectivity index (χ3n) is 2.32. The van der Waals surface area contributed by atoms with Gasteiger partial charge in [-0.3, -0.25) is 9.89 Å². The molecule has 0 aliphatic carbocycles. The molecule has 0 saturated carbocycles. The number of aromatic nitrogens is 4. The monoisotopic (exact) mass is 282 g/mol. The lowest BCUT2D eigenvalue weighted by Gasteiger charge is -2.01. The average Bonchev–Trinajstić information content (AvgIpc) is 2.72. The Balaban J connectivity index is 2.46. The Labute approximate surface area is 113 Å². The number of aryl methyl sites for hydroxylation is 1. The number of carbonyl (C=O) groups is 1. The van der Waals surface area contributed by atoms with Crippen LogP contribution >= 0.6 is 11.6 Å². The molecule has 0 aliphatic heterocycles. The first kappa shape index (κ1) is 13.3. The maximum Gasteiger partial charge on any atom is 0.358 e. The van der Waals surface area contributed by atoms with Gasteiger partial charge in [-0.2, -0.15) is 10.2 Å². The quantitative estimate of drug-likeness (QED) is 0.851. The van der Waals surface area contributed by atoms with E-state index in [1.807, 2.05) is 0 Å². The molecule has 1 N–H and O–H groups in total. The van der Waals surface area contributed by atoms with E-state index in [1.54, 1.807) is 13.8 Å². The van der Waals surface area contributed by atoms with Crippen molar-refractivity contribution in [1.82, 2.24) is 20.0 Å². The predicted octanol–water partition coefficient (Wildman–Crippen LogP) is 1.09. The summed E-state index contributed by atoms with van der Waals surface area (Å²) in [4.78, 5) is 23.3. The van der Waals surface area contributed by atoms with E-state index < -0.39 is 11.4 Å². The summed E-state index contributed by atoms with van der Waals surface area (Å²) in [6.07, 6.45) is 0.